The van der Waals surface area contributed by atoms with E-state index in [9.17, 15) is 0 Å². The van der Waals surface area contributed by atoms with Crippen molar-refractivity contribution in [3.05, 3.63) is 24.0 Å². The third kappa shape index (κ3) is 6.07. The molecule has 2 heterocycles. The molecule has 1 atom stereocenters. The molecule has 0 amide bonds. The fourth-order valence-corrected chi connectivity index (χ4v) is 2.42. The molecule has 0 aromatic carbocycles. The Hall–Kier alpha value is -1.53. The molecule has 1 saturated heterocycles. The summed E-state index contributed by atoms with van der Waals surface area (Å²) in [5, 5.41) is 6.61. The molecule has 6 heteroatoms. The molecule has 1 aromatic rings. The van der Waals surface area contributed by atoms with Crippen LogP contribution >= 0.6 is 0 Å². The highest BCUT2D eigenvalue weighted by molar-refractivity contribution is 5.79. The van der Waals surface area contributed by atoms with Crippen LogP contribution in [0.15, 0.2) is 23.5 Å². The minimum absolute atomic E-state index is 0.591. The lowest BCUT2D eigenvalue weighted by molar-refractivity contribution is 0.0888. The van der Waals surface area contributed by atoms with Gasteiger partial charge in [-0.2, -0.15) is 0 Å². The largest absolute Gasteiger partial charge is 0.381 e. The molecule has 0 radical (unpaired) electrons. The van der Waals surface area contributed by atoms with Gasteiger partial charge >= 0.3 is 0 Å². The van der Waals surface area contributed by atoms with Crippen molar-refractivity contribution in [1.82, 2.24) is 15.2 Å². The van der Waals surface area contributed by atoms with Gasteiger partial charge in [0.2, 0.25) is 0 Å². The first kappa shape index (κ1) is 16.8. The molecule has 1 aliphatic heterocycles. The summed E-state index contributed by atoms with van der Waals surface area (Å²) in [6, 6.07) is 2.10. The number of nitrogens with one attached hydrogen (secondary N) is 2. The van der Waals surface area contributed by atoms with Crippen LogP contribution in [0.1, 0.15) is 18.4 Å². The van der Waals surface area contributed by atoms with Crippen molar-refractivity contribution in [2.75, 3.05) is 40.0 Å². The zero-order chi connectivity index (χ0) is 15.6. The van der Waals surface area contributed by atoms with Crippen LogP contribution in [0, 0.1) is 5.92 Å². The van der Waals surface area contributed by atoms with Gasteiger partial charge in [0.15, 0.2) is 5.96 Å². The summed E-state index contributed by atoms with van der Waals surface area (Å²) in [5.74, 6) is 1.42. The van der Waals surface area contributed by atoms with Crippen LogP contribution in [0.5, 0.6) is 0 Å². The molecule has 1 aromatic heterocycles. The maximum Gasteiger partial charge on any atom is 0.191 e. The van der Waals surface area contributed by atoms with E-state index in [1.165, 1.54) is 5.56 Å². The van der Waals surface area contributed by atoms with E-state index in [-0.39, 0.29) is 0 Å². The summed E-state index contributed by atoms with van der Waals surface area (Å²) < 4.78 is 13.1. The van der Waals surface area contributed by atoms with E-state index in [0.717, 1.165) is 58.3 Å². The first-order chi connectivity index (χ1) is 10.8. The smallest absolute Gasteiger partial charge is 0.191 e. The van der Waals surface area contributed by atoms with Crippen molar-refractivity contribution >= 4 is 5.96 Å². The predicted octanol–water partition coefficient (Wildman–Crippen LogP) is 1.13. The Morgan fingerprint density at radius 1 is 1.50 bits per heavy atom. The molecule has 2 N–H and O–H groups in total. The van der Waals surface area contributed by atoms with Gasteiger partial charge in [0.25, 0.3) is 0 Å². The third-order valence-corrected chi connectivity index (χ3v) is 3.71. The van der Waals surface area contributed by atoms with Crippen molar-refractivity contribution in [2.45, 2.75) is 19.4 Å². The lowest BCUT2D eigenvalue weighted by Crippen LogP contribution is -2.37. The zero-order valence-electron chi connectivity index (χ0n) is 13.7. The second-order valence-electron chi connectivity index (χ2n) is 5.70. The van der Waals surface area contributed by atoms with Crippen molar-refractivity contribution in [3.8, 4) is 0 Å². The Morgan fingerprint density at radius 2 is 2.41 bits per heavy atom. The van der Waals surface area contributed by atoms with Gasteiger partial charge in [0.05, 0.1) is 13.2 Å². The first-order valence-corrected chi connectivity index (χ1v) is 7.99. The number of aromatic nitrogens is 1. The van der Waals surface area contributed by atoms with E-state index in [2.05, 4.69) is 27.9 Å². The maximum atomic E-state index is 5.68. The number of aryl methyl sites for hydroxylation is 1. The molecule has 1 aliphatic rings. The molecule has 1 fully saturated rings. The molecule has 22 heavy (non-hydrogen) atoms. The van der Waals surface area contributed by atoms with Crippen molar-refractivity contribution in [3.63, 3.8) is 0 Å². The van der Waals surface area contributed by atoms with Crippen molar-refractivity contribution in [2.24, 2.45) is 18.0 Å². The summed E-state index contributed by atoms with van der Waals surface area (Å²) in [6.45, 7) is 4.97. The fourth-order valence-electron chi connectivity index (χ4n) is 2.42. The Balaban J connectivity index is 1.50. The number of nitrogens with zero attached hydrogens (tertiary/aromatic N) is 2. The Bertz CT molecular complexity index is 453. The average Bonchev–Trinajstić information content (AvgIpc) is 3.17. The van der Waals surface area contributed by atoms with Gasteiger partial charge in [0.1, 0.15) is 0 Å². The monoisotopic (exact) mass is 308 g/mol. The number of rotatable bonds is 8. The standard InChI is InChI=1S/C16H28N4O2/c1-17-16(19-10-14-4-7-20(2)11-14)18-6-3-8-21-12-15-5-9-22-13-15/h4,7,11,15H,3,5-6,8-10,12-13H2,1-2H3,(H2,17,18,19). The molecular weight excluding hydrogens is 280 g/mol. The minimum atomic E-state index is 0.591. The number of guanidine groups is 1. The van der Waals surface area contributed by atoms with Gasteiger partial charge in [0, 0.05) is 58.7 Å². The summed E-state index contributed by atoms with van der Waals surface area (Å²) in [6.07, 6.45) is 6.24. The van der Waals surface area contributed by atoms with Crippen LogP contribution in [0.2, 0.25) is 0 Å². The topological polar surface area (TPSA) is 59.8 Å². The van der Waals surface area contributed by atoms with E-state index in [0.29, 0.717) is 5.92 Å². The highest BCUT2D eigenvalue weighted by Gasteiger charge is 2.15. The molecule has 2 rings (SSSR count). The fraction of sp³-hybridized carbons (Fsp3) is 0.688. The van der Waals surface area contributed by atoms with E-state index in [1.807, 2.05) is 17.8 Å². The number of hydrogen-bond donors (Lipinski definition) is 2. The summed E-state index contributed by atoms with van der Waals surface area (Å²) in [5.41, 5.74) is 1.24. The van der Waals surface area contributed by atoms with Crippen LogP contribution < -0.4 is 10.6 Å². The molecule has 6 nitrogen and oxygen atoms in total. The van der Waals surface area contributed by atoms with Crippen LogP contribution in [0.4, 0.5) is 0 Å². The third-order valence-electron chi connectivity index (χ3n) is 3.71. The second-order valence-corrected chi connectivity index (χ2v) is 5.70. The highest BCUT2D eigenvalue weighted by Crippen LogP contribution is 2.12. The predicted molar refractivity (Wildman–Crippen MR) is 88.0 cm³/mol. The van der Waals surface area contributed by atoms with Gasteiger partial charge in [-0.15, -0.1) is 0 Å². The molecule has 0 spiro atoms. The first-order valence-electron chi connectivity index (χ1n) is 7.99. The van der Waals surface area contributed by atoms with Gasteiger partial charge in [-0.25, -0.2) is 0 Å². The quantitative estimate of drug-likeness (QED) is 0.429. The molecule has 0 saturated carbocycles. The van der Waals surface area contributed by atoms with Crippen LogP contribution in [-0.2, 0) is 23.1 Å². The van der Waals surface area contributed by atoms with Gasteiger partial charge in [-0.1, -0.05) is 0 Å². The van der Waals surface area contributed by atoms with E-state index >= 15 is 0 Å². The van der Waals surface area contributed by atoms with Crippen LogP contribution in [0.3, 0.4) is 0 Å². The lowest BCUT2D eigenvalue weighted by atomic mass is 10.1. The van der Waals surface area contributed by atoms with Crippen molar-refractivity contribution < 1.29 is 9.47 Å². The normalized spacial score (nSPS) is 18.6. The molecular formula is C16H28N4O2. The Labute approximate surface area is 132 Å². The molecule has 0 bridgehead atoms. The summed E-state index contributed by atoms with van der Waals surface area (Å²) in [7, 11) is 3.81. The van der Waals surface area contributed by atoms with E-state index in [1.54, 1.807) is 7.05 Å². The molecule has 124 valence electrons. The summed E-state index contributed by atoms with van der Waals surface area (Å²) in [4.78, 5) is 4.22. The molecule has 0 aliphatic carbocycles. The zero-order valence-corrected chi connectivity index (χ0v) is 13.7. The number of ether oxygens (including phenoxy) is 2. The minimum Gasteiger partial charge on any atom is -0.381 e. The summed E-state index contributed by atoms with van der Waals surface area (Å²) >= 11 is 0. The second kappa shape index (κ2) is 9.48. The van der Waals surface area contributed by atoms with E-state index < -0.39 is 0 Å². The Morgan fingerprint density at radius 3 is 3.09 bits per heavy atom. The van der Waals surface area contributed by atoms with Gasteiger partial charge in [-0.3, -0.25) is 4.99 Å². The number of hydrogen-bond acceptors (Lipinski definition) is 3. The maximum absolute atomic E-state index is 5.68. The lowest BCUT2D eigenvalue weighted by Gasteiger charge is -2.12. The van der Waals surface area contributed by atoms with Gasteiger partial charge in [-0.05, 0) is 24.5 Å². The van der Waals surface area contributed by atoms with Crippen LogP contribution in [0.25, 0.3) is 0 Å². The van der Waals surface area contributed by atoms with Gasteiger partial charge < -0.3 is 24.7 Å². The SMILES string of the molecule is CN=C(NCCCOCC1CCOC1)NCc1ccn(C)c1. The Kier molecular flexibility index (Phi) is 7.25. The van der Waals surface area contributed by atoms with E-state index in [4.69, 9.17) is 9.47 Å². The molecule has 1 unspecified atom stereocenters. The van der Waals surface area contributed by atoms with Crippen LogP contribution in [-0.4, -0.2) is 50.5 Å². The highest BCUT2D eigenvalue weighted by atomic mass is 16.5. The van der Waals surface area contributed by atoms with Crippen molar-refractivity contribution in [1.29, 1.82) is 0 Å². The average molecular weight is 308 g/mol. The number of aliphatic imine (C=N–C) groups is 1.